The summed E-state index contributed by atoms with van der Waals surface area (Å²) in [5.41, 5.74) is 8.67. The number of nitrogens with two attached hydrogens (primary N) is 1. The smallest absolute Gasteiger partial charge is 0.244 e. The van der Waals surface area contributed by atoms with Crippen LogP contribution in [-0.4, -0.2) is 37.0 Å². The fraction of sp³-hybridized carbons (Fsp3) is 0.316. The van der Waals surface area contributed by atoms with Crippen LogP contribution in [0.3, 0.4) is 0 Å². The first kappa shape index (κ1) is 22.2. The second kappa shape index (κ2) is 9.76. The summed E-state index contributed by atoms with van der Waals surface area (Å²) in [6, 6.07) is 13.8. The number of piperazine rings is 1. The number of carbonyl (C=O) groups excluding carboxylic acids is 1. The number of halogens is 3. The number of hydrogen-bond acceptors (Lipinski definition) is 3. The molecule has 0 radical (unpaired) electrons. The largest absolute Gasteiger partial charge is 0.366 e. The highest BCUT2D eigenvalue weighted by molar-refractivity contribution is 5.85. The van der Waals surface area contributed by atoms with Crippen molar-refractivity contribution in [2.24, 2.45) is 5.73 Å². The van der Waals surface area contributed by atoms with E-state index >= 15 is 0 Å². The van der Waals surface area contributed by atoms with Gasteiger partial charge in [-0.2, -0.15) is 0 Å². The molecule has 0 bridgehead atoms. The van der Waals surface area contributed by atoms with E-state index in [4.69, 9.17) is 5.73 Å². The minimum Gasteiger partial charge on any atom is -0.366 e. The number of aryl methyl sites for hydroxylation is 1. The maximum atomic E-state index is 13.9. The van der Waals surface area contributed by atoms with Crippen molar-refractivity contribution in [2.75, 3.05) is 31.1 Å². The summed E-state index contributed by atoms with van der Waals surface area (Å²) in [5.74, 6) is -0.305. The van der Waals surface area contributed by atoms with E-state index in [1.807, 2.05) is 42.2 Å². The zero-order valence-corrected chi connectivity index (χ0v) is 16.2. The predicted octanol–water partition coefficient (Wildman–Crippen LogP) is 3.33. The normalized spacial score (nSPS) is 14.9. The van der Waals surface area contributed by atoms with E-state index in [1.54, 1.807) is 17.0 Å². The van der Waals surface area contributed by atoms with Crippen LogP contribution < -0.4 is 10.6 Å². The van der Waals surface area contributed by atoms with E-state index in [0.717, 1.165) is 11.1 Å². The maximum Gasteiger partial charge on any atom is 0.244 e. The molecule has 0 aromatic heterocycles. The molecule has 0 saturated carbocycles. The van der Waals surface area contributed by atoms with Gasteiger partial charge in [0, 0.05) is 26.2 Å². The average Bonchev–Trinajstić information content (AvgIpc) is 2.62. The molecular weight excluding hydrogens is 376 g/mol. The highest BCUT2D eigenvalue weighted by Crippen LogP contribution is 2.21. The Bertz CT molecular complexity index is 719. The lowest BCUT2D eigenvalue weighted by molar-refractivity contribution is -0.133. The Kier molecular flexibility index (Phi) is 8.34. The summed E-state index contributed by atoms with van der Waals surface area (Å²) in [6.45, 7) is 4.30. The molecule has 142 valence electrons. The van der Waals surface area contributed by atoms with Gasteiger partial charge in [-0.05, 0) is 24.6 Å². The van der Waals surface area contributed by atoms with E-state index in [0.29, 0.717) is 31.9 Å². The van der Waals surface area contributed by atoms with Gasteiger partial charge in [0.15, 0.2) is 0 Å². The van der Waals surface area contributed by atoms with E-state index in [1.165, 1.54) is 6.07 Å². The van der Waals surface area contributed by atoms with Gasteiger partial charge in [0.1, 0.15) is 11.9 Å². The predicted molar refractivity (Wildman–Crippen MR) is 108 cm³/mol. The minimum absolute atomic E-state index is 0. The molecule has 1 amide bonds. The number of carbonyl (C=O) groups is 1. The highest BCUT2D eigenvalue weighted by Gasteiger charge is 2.26. The average molecular weight is 400 g/mol. The van der Waals surface area contributed by atoms with E-state index in [-0.39, 0.29) is 36.5 Å². The Labute approximate surface area is 166 Å². The molecule has 4 nitrogen and oxygen atoms in total. The van der Waals surface area contributed by atoms with Gasteiger partial charge in [-0.1, -0.05) is 42.0 Å². The molecule has 0 aliphatic carbocycles. The van der Waals surface area contributed by atoms with Crippen LogP contribution in [0.25, 0.3) is 0 Å². The molecular formula is C19H24Cl2FN3O. The number of benzene rings is 2. The molecule has 1 unspecified atom stereocenters. The molecule has 26 heavy (non-hydrogen) atoms. The van der Waals surface area contributed by atoms with Crippen molar-refractivity contribution >= 4 is 36.4 Å². The summed E-state index contributed by atoms with van der Waals surface area (Å²) in [4.78, 5) is 16.3. The van der Waals surface area contributed by atoms with Crippen LogP contribution in [0.5, 0.6) is 0 Å². The van der Waals surface area contributed by atoms with E-state index < -0.39 is 6.04 Å². The quantitative estimate of drug-likeness (QED) is 0.860. The Morgan fingerprint density at radius 2 is 1.58 bits per heavy atom. The minimum atomic E-state index is -0.648. The Morgan fingerprint density at radius 1 is 1.00 bits per heavy atom. The molecule has 2 aromatic carbocycles. The fourth-order valence-corrected chi connectivity index (χ4v) is 2.99. The first-order chi connectivity index (χ1) is 11.6. The highest BCUT2D eigenvalue weighted by atomic mass is 35.5. The second-order valence-electron chi connectivity index (χ2n) is 6.15. The zero-order valence-electron chi connectivity index (χ0n) is 14.6. The van der Waals surface area contributed by atoms with Gasteiger partial charge in [0.2, 0.25) is 5.91 Å². The molecule has 1 aliphatic heterocycles. The lowest BCUT2D eigenvalue weighted by Crippen LogP contribution is -2.51. The lowest BCUT2D eigenvalue weighted by Gasteiger charge is -2.37. The number of amides is 1. The number of rotatable bonds is 3. The fourth-order valence-electron chi connectivity index (χ4n) is 2.99. The van der Waals surface area contributed by atoms with Crippen LogP contribution in [0, 0.1) is 12.7 Å². The molecule has 1 saturated heterocycles. The third-order valence-electron chi connectivity index (χ3n) is 4.49. The van der Waals surface area contributed by atoms with Crippen molar-refractivity contribution in [1.82, 2.24) is 4.90 Å². The van der Waals surface area contributed by atoms with Crippen LogP contribution in [0.1, 0.15) is 17.2 Å². The van der Waals surface area contributed by atoms with Crippen LogP contribution in [0.2, 0.25) is 0 Å². The topological polar surface area (TPSA) is 49.6 Å². The van der Waals surface area contributed by atoms with E-state index in [2.05, 4.69) is 0 Å². The van der Waals surface area contributed by atoms with Crippen LogP contribution in [-0.2, 0) is 4.79 Å². The number of nitrogens with zero attached hydrogens (tertiary/aromatic N) is 2. The molecule has 1 heterocycles. The summed E-state index contributed by atoms with van der Waals surface area (Å²) >= 11 is 0. The van der Waals surface area contributed by atoms with Crippen molar-refractivity contribution in [2.45, 2.75) is 13.0 Å². The molecule has 2 N–H and O–H groups in total. The van der Waals surface area contributed by atoms with Gasteiger partial charge < -0.3 is 15.5 Å². The SMILES string of the molecule is Cc1ccc(C(N)C(=O)N2CCN(c3ccccc3F)CC2)cc1.Cl.Cl. The monoisotopic (exact) mass is 399 g/mol. The van der Waals surface area contributed by atoms with Crippen molar-refractivity contribution in [1.29, 1.82) is 0 Å². The Morgan fingerprint density at radius 3 is 2.15 bits per heavy atom. The van der Waals surface area contributed by atoms with Crippen LogP contribution in [0.15, 0.2) is 48.5 Å². The van der Waals surface area contributed by atoms with Gasteiger partial charge in [-0.15, -0.1) is 24.8 Å². The van der Waals surface area contributed by atoms with Crippen molar-refractivity contribution in [3.8, 4) is 0 Å². The zero-order chi connectivity index (χ0) is 17.1. The molecule has 3 rings (SSSR count). The summed E-state index contributed by atoms with van der Waals surface area (Å²) in [7, 11) is 0. The molecule has 2 aromatic rings. The Hall–Kier alpha value is -1.82. The number of anilines is 1. The van der Waals surface area contributed by atoms with Crippen molar-refractivity contribution in [3.63, 3.8) is 0 Å². The molecule has 7 heteroatoms. The lowest BCUT2D eigenvalue weighted by atomic mass is 10.0. The van der Waals surface area contributed by atoms with Crippen molar-refractivity contribution in [3.05, 3.63) is 65.5 Å². The van der Waals surface area contributed by atoms with Gasteiger partial charge in [-0.25, -0.2) is 4.39 Å². The van der Waals surface area contributed by atoms with Crippen LogP contribution in [0.4, 0.5) is 10.1 Å². The molecule has 1 aliphatic rings. The number of para-hydroxylation sites is 1. The van der Waals surface area contributed by atoms with E-state index in [9.17, 15) is 9.18 Å². The maximum absolute atomic E-state index is 13.9. The van der Waals surface area contributed by atoms with Gasteiger partial charge in [0.25, 0.3) is 0 Å². The standard InChI is InChI=1S/C19H22FN3O.2ClH/c1-14-6-8-15(9-7-14)18(21)19(24)23-12-10-22(11-13-23)17-5-3-2-4-16(17)20;;/h2-9,18H,10-13,21H2,1H3;2*1H. The Balaban J connectivity index is 0.00000169. The summed E-state index contributed by atoms with van der Waals surface area (Å²) in [6.07, 6.45) is 0. The first-order valence-electron chi connectivity index (χ1n) is 8.16. The third-order valence-corrected chi connectivity index (χ3v) is 4.49. The van der Waals surface area contributed by atoms with Gasteiger partial charge in [-0.3, -0.25) is 4.79 Å². The molecule has 1 fully saturated rings. The molecule has 0 spiro atoms. The number of hydrogen-bond donors (Lipinski definition) is 1. The van der Waals surface area contributed by atoms with Crippen LogP contribution >= 0.6 is 24.8 Å². The second-order valence-corrected chi connectivity index (χ2v) is 6.15. The third kappa shape index (κ3) is 4.87. The van der Waals surface area contributed by atoms with Crippen molar-refractivity contribution < 1.29 is 9.18 Å². The summed E-state index contributed by atoms with van der Waals surface area (Å²) < 4.78 is 13.9. The summed E-state index contributed by atoms with van der Waals surface area (Å²) in [5, 5.41) is 0. The van der Waals surface area contributed by atoms with Gasteiger partial charge in [0.05, 0.1) is 5.69 Å². The first-order valence-corrected chi connectivity index (χ1v) is 8.16. The van der Waals surface area contributed by atoms with Gasteiger partial charge >= 0.3 is 0 Å². The molecule has 1 atom stereocenters.